The van der Waals surface area contributed by atoms with Crippen molar-refractivity contribution in [3.8, 4) is 0 Å². The summed E-state index contributed by atoms with van der Waals surface area (Å²) in [5.41, 5.74) is 0. The lowest BCUT2D eigenvalue weighted by Crippen LogP contribution is -2.34. The number of hydrogen-bond acceptors (Lipinski definition) is 4. The first kappa shape index (κ1) is 12.3. The number of nitrogens with zero attached hydrogens (tertiary/aromatic N) is 2. The molecule has 0 amide bonds. The van der Waals surface area contributed by atoms with E-state index in [0.29, 0.717) is 6.61 Å². The normalized spacial score (nSPS) is 31.9. The van der Waals surface area contributed by atoms with E-state index < -0.39 is 6.10 Å². The summed E-state index contributed by atoms with van der Waals surface area (Å²) in [5.74, 6) is 0.137. The summed E-state index contributed by atoms with van der Waals surface area (Å²) in [5, 5.41) is 22.8. The molecule has 90 valence electrons. The molecule has 1 aromatic rings. The molecule has 1 aliphatic heterocycles. The van der Waals surface area contributed by atoms with Gasteiger partial charge in [-0.15, -0.1) is 0 Å². The lowest BCUT2D eigenvalue weighted by atomic mass is 9.96. The van der Waals surface area contributed by atoms with Crippen molar-refractivity contribution in [3.05, 3.63) is 16.0 Å². The minimum absolute atomic E-state index is 0.134. The van der Waals surface area contributed by atoms with Crippen molar-refractivity contribution in [1.29, 1.82) is 0 Å². The van der Waals surface area contributed by atoms with Crippen LogP contribution in [0.4, 0.5) is 0 Å². The molecule has 1 saturated heterocycles. The van der Waals surface area contributed by atoms with E-state index in [9.17, 15) is 5.11 Å². The van der Waals surface area contributed by atoms with Gasteiger partial charge in [0.25, 0.3) is 0 Å². The van der Waals surface area contributed by atoms with Crippen LogP contribution in [0.15, 0.2) is 12.4 Å². The number of halogens is 1. The second-order valence-corrected chi connectivity index (χ2v) is 5.36. The van der Waals surface area contributed by atoms with Crippen molar-refractivity contribution in [2.45, 2.75) is 25.2 Å². The third-order valence-electron chi connectivity index (χ3n) is 3.06. The molecular weight excluding hydrogens is 323 g/mol. The van der Waals surface area contributed by atoms with Gasteiger partial charge in [0.05, 0.1) is 35.1 Å². The number of aromatic nitrogens is 2. The van der Waals surface area contributed by atoms with E-state index in [4.69, 9.17) is 9.84 Å². The fourth-order valence-electron chi connectivity index (χ4n) is 2.11. The summed E-state index contributed by atoms with van der Waals surface area (Å²) in [6.07, 6.45) is 2.63. The Morgan fingerprint density at radius 1 is 1.75 bits per heavy atom. The molecule has 1 aromatic heterocycles. The Hall–Kier alpha value is -0.180. The van der Waals surface area contributed by atoms with Crippen molar-refractivity contribution in [1.82, 2.24) is 9.78 Å². The first-order valence-electron chi connectivity index (χ1n) is 5.23. The third-order valence-corrected chi connectivity index (χ3v) is 3.62. The van der Waals surface area contributed by atoms with Gasteiger partial charge >= 0.3 is 0 Å². The molecule has 0 bridgehead atoms. The van der Waals surface area contributed by atoms with Gasteiger partial charge in [-0.05, 0) is 22.6 Å². The Kier molecular flexibility index (Phi) is 3.83. The van der Waals surface area contributed by atoms with Gasteiger partial charge in [0.15, 0.2) is 0 Å². The minimum Gasteiger partial charge on any atom is -0.394 e. The summed E-state index contributed by atoms with van der Waals surface area (Å²) in [6.45, 7) is 2.27. The summed E-state index contributed by atoms with van der Waals surface area (Å²) in [4.78, 5) is 0. The number of ether oxygens (including phenoxy) is 1. The zero-order chi connectivity index (χ0) is 11.7. The maximum absolute atomic E-state index is 9.59. The van der Waals surface area contributed by atoms with Crippen molar-refractivity contribution in [3.63, 3.8) is 0 Å². The summed E-state index contributed by atoms with van der Waals surface area (Å²) in [7, 11) is 0. The van der Waals surface area contributed by atoms with Crippen LogP contribution in [0, 0.1) is 9.49 Å². The topological polar surface area (TPSA) is 67.5 Å². The molecule has 2 rings (SSSR count). The lowest BCUT2D eigenvalue weighted by molar-refractivity contribution is -0.0411. The first-order valence-corrected chi connectivity index (χ1v) is 6.31. The molecule has 2 N–H and O–H groups in total. The van der Waals surface area contributed by atoms with Crippen LogP contribution in [-0.2, 0) is 4.74 Å². The van der Waals surface area contributed by atoms with Gasteiger partial charge in [0, 0.05) is 12.1 Å². The molecule has 2 heterocycles. The highest BCUT2D eigenvalue weighted by Gasteiger charge is 2.39. The Bertz CT molecular complexity index is 358. The fraction of sp³-hybridized carbons (Fsp3) is 0.700. The SMILES string of the molecule is C[C@H]1[C@@H]([C@H](O)CO)OC[C@@H]1n1cc(I)cn1. The van der Waals surface area contributed by atoms with Crippen LogP contribution in [0.25, 0.3) is 0 Å². The molecule has 5 nitrogen and oxygen atoms in total. The highest BCUT2D eigenvalue weighted by atomic mass is 127. The molecule has 0 aliphatic carbocycles. The quantitative estimate of drug-likeness (QED) is 0.784. The van der Waals surface area contributed by atoms with Crippen molar-refractivity contribution >= 4 is 22.6 Å². The zero-order valence-electron chi connectivity index (χ0n) is 8.95. The highest BCUT2D eigenvalue weighted by molar-refractivity contribution is 14.1. The molecule has 0 aromatic carbocycles. The van der Waals surface area contributed by atoms with E-state index in [1.165, 1.54) is 0 Å². The second kappa shape index (κ2) is 4.99. The van der Waals surface area contributed by atoms with Crippen LogP contribution in [0.3, 0.4) is 0 Å². The van der Waals surface area contributed by atoms with Crippen molar-refractivity contribution < 1.29 is 14.9 Å². The summed E-state index contributed by atoms with van der Waals surface area (Å²) in [6, 6.07) is 0.134. The molecule has 16 heavy (non-hydrogen) atoms. The predicted octanol–water partition coefficient (Wildman–Crippen LogP) is 0.417. The molecule has 0 saturated carbocycles. The average molecular weight is 338 g/mol. The zero-order valence-corrected chi connectivity index (χ0v) is 11.1. The van der Waals surface area contributed by atoms with Crippen LogP contribution in [0.5, 0.6) is 0 Å². The standard InChI is InChI=1S/C10H15IN2O3/c1-6-8(13-3-7(11)2-12-13)5-16-10(6)9(15)4-14/h2-3,6,8-10,14-15H,4-5H2,1H3/t6-,8+,9-,10+/m1/s1. The predicted molar refractivity (Wildman–Crippen MR) is 66.0 cm³/mol. The van der Waals surface area contributed by atoms with Crippen molar-refractivity contribution in [2.24, 2.45) is 5.92 Å². The van der Waals surface area contributed by atoms with Crippen LogP contribution >= 0.6 is 22.6 Å². The molecule has 4 atom stereocenters. The van der Waals surface area contributed by atoms with Crippen LogP contribution in [0.1, 0.15) is 13.0 Å². The van der Waals surface area contributed by atoms with Crippen LogP contribution in [0.2, 0.25) is 0 Å². The van der Waals surface area contributed by atoms with E-state index in [1.807, 2.05) is 17.8 Å². The van der Waals surface area contributed by atoms with Gasteiger partial charge < -0.3 is 14.9 Å². The largest absolute Gasteiger partial charge is 0.394 e. The third kappa shape index (κ3) is 2.24. The van der Waals surface area contributed by atoms with Crippen LogP contribution < -0.4 is 0 Å². The van der Waals surface area contributed by atoms with E-state index >= 15 is 0 Å². The van der Waals surface area contributed by atoms with Crippen LogP contribution in [-0.4, -0.2) is 45.4 Å². The van der Waals surface area contributed by atoms with E-state index in [0.717, 1.165) is 3.57 Å². The number of aliphatic hydroxyl groups excluding tert-OH is 2. The van der Waals surface area contributed by atoms with Gasteiger partial charge in [-0.2, -0.15) is 5.10 Å². The maximum atomic E-state index is 9.59. The lowest BCUT2D eigenvalue weighted by Gasteiger charge is -2.21. The van der Waals surface area contributed by atoms with Gasteiger partial charge in [-0.3, -0.25) is 4.68 Å². The molecule has 0 unspecified atom stereocenters. The minimum atomic E-state index is -0.811. The van der Waals surface area contributed by atoms with Gasteiger partial charge in [-0.25, -0.2) is 0 Å². The van der Waals surface area contributed by atoms with E-state index in [1.54, 1.807) is 6.20 Å². The highest BCUT2D eigenvalue weighted by Crippen LogP contribution is 2.32. The summed E-state index contributed by atoms with van der Waals surface area (Å²) >= 11 is 2.21. The number of aliphatic hydroxyl groups is 2. The maximum Gasteiger partial charge on any atom is 0.103 e. The molecule has 0 radical (unpaired) electrons. The van der Waals surface area contributed by atoms with E-state index in [-0.39, 0.29) is 24.7 Å². The Balaban J connectivity index is 2.10. The Morgan fingerprint density at radius 2 is 2.50 bits per heavy atom. The Morgan fingerprint density at radius 3 is 3.06 bits per heavy atom. The Labute approximate surface area is 108 Å². The molecule has 1 fully saturated rings. The van der Waals surface area contributed by atoms with Gasteiger partial charge in [0.1, 0.15) is 6.10 Å². The van der Waals surface area contributed by atoms with Gasteiger partial charge in [0.2, 0.25) is 0 Å². The number of hydrogen-bond donors (Lipinski definition) is 2. The molecule has 6 heteroatoms. The monoisotopic (exact) mass is 338 g/mol. The average Bonchev–Trinajstić information content (AvgIpc) is 2.83. The molecule has 1 aliphatic rings. The number of rotatable bonds is 3. The molecular formula is C10H15IN2O3. The summed E-state index contributed by atoms with van der Waals surface area (Å²) < 4.78 is 8.47. The smallest absolute Gasteiger partial charge is 0.103 e. The molecule has 0 spiro atoms. The van der Waals surface area contributed by atoms with Gasteiger partial charge in [-0.1, -0.05) is 6.92 Å². The second-order valence-electron chi connectivity index (χ2n) is 4.11. The van der Waals surface area contributed by atoms with Crippen molar-refractivity contribution in [2.75, 3.05) is 13.2 Å². The van der Waals surface area contributed by atoms with E-state index in [2.05, 4.69) is 27.7 Å². The fourth-order valence-corrected chi connectivity index (χ4v) is 2.52. The first-order chi connectivity index (χ1) is 7.63.